The first kappa shape index (κ1) is 13.7. The van der Waals surface area contributed by atoms with E-state index in [0.717, 1.165) is 22.4 Å². The Morgan fingerprint density at radius 2 is 1.86 bits per heavy atom. The van der Waals surface area contributed by atoms with Crippen molar-refractivity contribution in [3.05, 3.63) is 56.6 Å². The van der Waals surface area contributed by atoms with Crippen molar-refractivity contribution in [2.45, 2.75) is 13.1 Å². The van der Waals surface area contributed by atoms with Crippen LogP contribution in [0.2, 0.25) is 0 Å². The Balaban J connectivity index is 2.12. The van der Waals surface area contributed by atoms with E-state index >= 15 is 0 Å². The summed E-state index contributed by atoms with van der Waals surface area (Å²) in [5.74, 6) is 0. The van der Waals surface area contributed by atoms with Crippen LogP contribution in [0.4, 0.5) is 5.69 Å². The van der Waals surface area contributed by atoms with Crippen molar-refractivity contribution in [1.82, 2.24) is 4.90 Å². The average Bonchev–Trinajstić information content (AvgIpc) is 2.97. The summed E-state index contributed by atoms with van der Waals surface area (Å²) in [7, 11) is 0. The maximum atomic E-state index is 9.11. The lowest BCUT2D eigenvalue weighted by molar-refractivity contribution is 0.417. The van der Waals surface area contributed by atoms with Crippen molar-refractivity contribution in [2.75, 3.05) is 0 Å². The van der Waals surface area contributed by atoms with E-state index in [-0.39, 0.29) is 0 Å². The van der Waals surface area contributed by atoms with Gasteiger partial charge in [-0.15, -0.1) is 5.69 Å². The molecule has 0 spiro atoms. The largest absolute Gasteiger partial charge is 0.626 e. The molecule has 0 atom stereocenters. The second-order valence-corrected chi connectivity index (χ2v) is 5.34. The van der Waals surface area contributed by atoms with Gasteiger partial charge >= 0.3 is 0 Å². The number of halogens is 1. The Morgan fingerprint density at radius 1 is 1.10 bits per heavy atom. The third kappa shape index (κ3) is 2.53. The predicted octanol–water partition coefficient (Wildman–Crippen LogP) is 4.38. The van der Waals surface area contributed by atoms with E-state index in [0.29, 0.717) is 18.7 Å². The van der Waals surface area contributed by atoms with E-state index in [4.69, 9.17) is 10.5 Å². The second kappa shape index (κ2) is 5.63. The molecule has 102 valence electrons. The molecule has 2 aromatic rings. The van der Waals surface area contributed by atoms with Crippen molar-refractivity contribution in [2.24, 2.45) is 0 Å². The van der Waals surface area contributed by atoms with Gasteiger partial charge in [0.25, 0.3) is 0 Å². The van der Waals surface area contributed by atoms with Gasteiger partial charge < -0.3 is 8.43 Å². The van der Waals surface area contributed by atoms with Crippen LogP contribution >= 0.6 is 22.9 Å². The zero-order chi connectivity index (χ0) is 14.8. The van der Waals surface area contributed by atoms with Gasteiger partial charge in [0.05, 0.1) is 24.7 Å². The van der Waals surface area contributed by atoms with Crippen LogP contribution in [0, 0.1) is 22.8 Å². The minimum Gasteiger partial charge on any atom is -0.626 e. The van der Waals surface area contributed by atoms with Crippen molar-refractivity contribution in [1.29, 1.82) is 10.5 Å². The van der Waals surface area contributed by atoms with Gasteiger partial charge in [-0.05, 0) is 34.4 Å². The van der Waals surface area contributed by atoms with Gasteiger partial charge in [0.15, 0.2) is 6.19 Å². The molecule has 0 radical (unpaired) electrons. The summed E-state index contributed by atoms with van der Waals surface area (Å²) < 4.78 is 4.24. The van der Waals surface area contributed by atoms with Crippen LogP contribution in [-0.2, 0) is 13.1 Å². The molecule has 0 aliphatic carbocycles. The first-order chi connectivity index (χ1) is 10.2. The van der Waals surface area contributed by atoms with Gasteiger partial charge in [0, 0.05) is 0 Å². The SMILES string of the molecule is N#Cc1ccc(-c2cc([N-]I)cc3c2CN(C#N)C3)cc1. The summed E-state index contributed by atoms with van der Waals surface area (Å²) in [6, 6.07) is 13.7. The summed E-state index contributed by atoms with van der Waals surface area (Å²) in [5.41, 5.74) is 5.99. The molecule has 21 heavy (non-hydrogen) atoms. The van der Waals surface area contributed by atoms with Crippen molar-refractivity contribution >= 4 is 28.6 Å². The normalized spacial score (nSPS) is 12.4. The van der Waals surface area contributed by atoms with E-state index in [1.54, 1.807) is 4.90 Å². The third-order valence-corrected chi connectivity index (χ3v) is 4.16. The summed E-state index contributed by atoms with van der Waals surface area (Å²) in [4.78, 5) is 1.73. The van der Waals surface area contributed by atoms with Gasteiger partial charge in [-0.3, -0.25) is 0 Å². The molecule has 0 unspecified atom stereocenters. The lowest BCUT2D eigenvalue weighted by atomic mass is 9.95. The smallest absolute Gasteiger partial charge is 0.179 e. The summed E-state index contributed by atoms with van der Waals surface area (Å²) in [6.07, 6.45) is 2.20. The predicted molar refractivity (Wildman–Crippen MR) is 88.5 cm³/mol. The highest BCUT2D eigenvalue weighted by Crippen LogP contribution is 2.38. The molecule has 5 heteroatoms. The number of nitriles is 2. The number of hydrogen-bond donors (Lipinski definition) is 0. The Kier molecular flexibility index (Phi) is 3.68. The van der Waals surface area contributed by atoms with Crippen LogP contribution in [0.3, 0.4) is 0 Å². The Hall–Kier alpha value is -2.25. The van der Waals surface area contributed by atoms with Crippen molar-refractivity contribution < 1.29 is 0 Å². The molecule has 0 amide bonds. The molecule has 2 aromatic carbocycles. The Labute approximate surface area is 137 Å². The van der Waals surface area contributed by atoms with Crippen LogP contribution < -0.4 is 0 Å². The van der Waals surface area contributed by atoms with Crippen LogP contribution in [0.5, 0.6) is 0 Å². The molecule has 0 saturated carbocycles. The molecule has 4 nitrogen and oxygen atoms in total. The lowest BCUT2D eigenvalue weighted by Crippen LogP contribution is -2.07. The van der Waals surface area contributed by atoms with E-state index < -0.39 is 0 Å². The van der Waals surface area contributed by atoms with Crippen LogP contribution in [0.15, 0.2) is 36.4 Å². The lowest BCUT2D eigenvalue weighted by Gasteiger charge is -2.17. The molecule has 1 aliphatic heterocycles. The number of nitrogens with zero attached hydrogens (tertiary/aromatic N) is 4. The summed E-state index contributed by atoms with van der Waals surface area (Å²) in [5, 5.41) is 18.0. The zero-order valence-electron chi connectivity index (χ0n) is 11.0. The van der Waals surface area contributed by atoms with Gasteiger partial charge in [-0.1, -0.05) is 24.3 Å². The maximum Gasteiger partial charge on any atom is 0.179 e. The second-order valence-electron chi connectivity index (χ2n) is 4.86. The highest BCUT2D eigenvalue weighted by molar-refractivity contribution is 14.1. The first-order valence-corrected chi connectivity index (χ1v) is 7.34. The van der Waals surface area contributed by atoms with E-state index in [1.807, 2.05) is 59.3 Å². The summed E-state index contributed by atoms with van der Waals surface area (Å²) in [6.45, 7) is 1.26. The molecule has 1 aliphatic rings. The zero-order valence-corrected chi connectivity index (χ0v) is 13.2. The highest BCUT2D eigenvalue weighted by Gasteiger charge is 2.21. The molecular weight excluding hydrogens is 375 g/mol. The van der Waals surface area contributed by atoms with Gasteiger partial charge in [-0.25, -0.2) is 22.9 Å². The number of hydrogen-bond acceptors (Lipinski definition) is 3. The molecule has 0 aromatic heterocycles. The molecule has 3 rings (SSSR count). The molecular formula is C16H10IN4-. The molecule has 0 N–H and O–H groups in total. The minimum absolute atomic E-state index is 0.628. The summed E-state index contributed by atoms with van der Waals surface area (Å²) >= 11 is 1.98. The first-order valence-electron chi connectivity index (χ1n) is 6.38. The molecule has 0 saturated heterocycles. The van der Waals surface area contributed by atoms with E-state index in [1.165, 1.54) is 5.56 Å². The van der Waals surface area contributed by atoms with Crippen molar-refractivity contribution in [3.63, 3.8) is 0 Å². The van der Waals surface area contributed by atoms with Crippen LogP contribution in [-0.4, -0.2) is 4.90 Å². The monoisotopic (exact) mass is 385 g/mol. The topological polar surface area (TPSA) is 64.9 Å². The molecule has 0 fully saturated rings. The Bertz CT molecular complexity index is 769. The standard InChI is InChI=1S/C16H10IN4/c17-20-14-5-13-8-21(10-19)9-16(13)15(6-14)12-3-1-11(7-18)2-4-12/h1-6H,8-9H2/q-1. The van der Waals surface area contributed by atoms with Crippen LogP contribution in [0.25, 0.3) is 14.7 Å². The third-order valence-electron chi connectivity index (χ3n) is 3.60. The van der Waals surface area contributed by atoms with E-state index in [2.05, 4.69) is 15.8 Å². The van der Waals surface area contributed by atoms with Crippen molar-refractivity contribution in [3.8, 4) is 23.4 Å². The molecule has 0 bridgehead atoms. The number of benzene rings is 2. The van der Waals surface area contributed by atoms with Gasteiger partial charge in [0.2, 0.25) is 0 Å². The maximum absolute atomic E-state index is 9.11. The number of rotatable bonds is 2. The van der Waals surface area contributed by atoms with Crippen LogP contribution in [0.1, 0.15) is 16.7 Å². The fraction of sp³-hybridized carbons (Fsp3) is 0.125. The fourth-order valence-electron chi connectivity index (χ4n) is 2.60. The van der Waals surface area contributed by atoms with Gasteiger partial charge in [-0.2, -0.15) is 10.5 Å². The highest BCUT2D eigenvalue weighted by atomic mass is 127. The van der Waals surface area contributed by atoms with E-state index in [9.17, 15) is 0 Å². The number of fused-ring (bicyclic) bond motifs is 1. The van der Waals surface area contributed by atoms with Gasteiger partial charge in [0.1, 0.15) is 0 Å². The quantitative estimate of drug-likeness (QED) is 0.570. The Morgan fingerprint density at radius 3 is 2.48 bits per heavy atom. The fourth-order valence-corrected chi connectivity index (χ4v) is 2.88. The average molecular weight is 385 g/mol. The minimum atomic E-state index is 0.628. The molecule has 1 heterocycles.